The number of carbonyl (C=O) groups excluding carboxylic acids is 1. The minimum atomic E-state index is -3.74. The number of aryl methyl sites for hydroxylation is 2. The maximum Gasteiger partial charge on any atom is 0.274 e. The maximum atomic E-state index is 13.3. The van der Waals surface area contributed by atoms with Crippen molar-refractivity contribution in [1.29, 1.82) is 0 Å². The van der Waals surface area contributed by atoms with E-state index in [0.717, 1.165) is 35.3 Å². The number of benzene rings is 2. The number of rotatable bonds is 3. The minimum Gasteiger partial charge on any atom is -0.345 e. The lowest BCUT2D eigenvalue weighted by atomic mass is 10.0. The molecule has 0 N–H and O–H groups in total. The molecule has 0 saturated carbocycles. The number of para-hydroxylation sites is 2. The van der Waals surface area contributed by atoms with Crippen LogP contribution in [0.15, 0.2) is 65.7 Å². The molecule has 0 radical (unpaired) electrons. The molecule has 1 aromatic heterocycles. The number of hydrogen-bond donors (Lipinski definition) is 0. The summed E-state index contributed by atoms with van der Waals surface area (Å²) in [7, 11) is -2.01. The topological polar surface area (TPSA) is 62.6 Å². The summed E-state index contributed by atoms with van der Waals surface area (Å²) >= 11 is 0. The minimum absolute atomic E-state index is 0.148. The Bertz CT molecular complexity index is 1250. The number of fused-ring (bicyclic) bond motifs is 2. The summed E-state index contributed by atoms with van der Waals surface area (Å²) in [6, 6.07) is 17.0. The highest BCUT2D eigenvalue weighted by molar-refractivity contribution is 7.92. The lowest BCUT2D eigenvalue weighted by Crippen LogP contribution is -2.36. The summed E-state index contributed by atoms with van der Waals surface area (Å²) in [4.78, 5) is 15.2. The van der Waals surface area contributed by atoms with Crippen LogP contribution < -0.4 is 9.21 Å². The molecule has 6 nitrogen and oxygen atoms in total. The van der Waals surface area contributed by atoms with Gasteiger partial charge in [-0.2, -0.15) is 0 Å². The first kappa shape index (κ1) is 18.9. The van der Waals surface area contributed by atoms with Gasteiger partial charge in [0.1, 0.15) is 10.6 Å². The molecule has 0 saturated heterocycles. The van der Waals surface area contributed by atoms with Gasteiger partial charge in [-0.3, -0.25) is 9.10 Å². The summed E-state index contributed by atoms with van der Waals surface area (Å²) in [5, 5.41) is 0. The average molecular weight is 422 g/mol. The van der Waals surface area contributed by atoms with E-state index in [2.05, 4.69) is 0 Å². The number of amides is 1. The van der Waals surface area contributed by atoms with E-state index in [9.17, 15) is 13.2 Å². The van der Waals surface area contributed by atoms with E-state index in [1.165, 1.54) is 10.4 Å². The van der Waals surface area contributed by atoms with Gasteiger partial charge in [0.05, 0.1) is 5.69 Å². The molecule has 2 aromatic carbocycles. The number of carbonyl (C=O) groups is 1. The largest absolute Gasteiger partial charge is 0.345 e. The molecule has 5 rings (SSSR count). The number of nitrogens with zero attached hydrogens (tertiary/aromatic N) is 3. The van der Waals surface area contributed by atoms with E-state index < -0.39 is 10.0 Å². The van der Waals surface area contributed by atoms with E-state index in [4.69, 9.17) is 0 Å². The van der Waals surface area contributed by atoms with Crippen molar-refractivity contribution in [1.82, 2.24) is 4.57 Å². The van der Waals surface area contributed by atoms with Crippen LogP contribution in [-0.2, 0) is 29.9 Å². The van der Waals surface area contributed by atoms with Crippen molar-refractivity contribution >= 4 is 27.3 Å². The first-order valence-corrected chi connectivity index (χ1v) is 11.6. The summed E-state index contributed by atoms with van der Waals surface area (Å²) < 4.78 is 29.8. The average Bonchev–Trinajstić information content (AvgIpc) is 3.37. The second-order valence-corrected chi connectivity index (χ2v) is 9.68. The molecule has 0 unspecified atom stereocenters. The highest BCUT2D eigenvalue weighted by atomic mass is 32.2. The number of sulfonamides is 1. The molecule has 0 fully saturated rings. The summed E-state index contributed by atoms with van der Waals surface area (Å²) in [6.07, 6.45) is 4.07. The number of aromatic nitrogens is 1. The summed E-state index contributed by atoms with van der Waals surface area (Å²) in [5.74, 6) is -0.173. The lowest BCUT2D eigenvalue weighted by Gasteiger charge is -2.29. The van der Waals surface area contributed by atoms with E-state index >= 15 is 0 Å². The van der Waals surface area contributed by atoms with Crippen LogP contribution in [0.5, 0.6) is 0 Å². The van der Waals surface area contributed by atoms with Crippen molar-refractivity contribution in [3.63, 3.8) is 0 Å². The van der Waals surface area contributed by atoms with Gasteiger partial charge in [0.2, 0.25) is 0 Å². The van der Waals surface area contributed by atoms with Crippen molar-refractivity contribution in [2.45, 2.75) is 24.2 Å². The van der Waals surface area contributed by atoms with E-state index in [1.54, 1.807) is 22.7 Å². The Morgan fingerprint density at radius 1 is 0.900 bits per heavy atom. The normalized spacial score (nSPS) is 15.8. The Kier molecular flexibility index (Phi) is 4.43. The Hall–Kier alpha value is -3.06. The van der Waals surface area contributed by atoms with Crippen molar-refractivity contribution in [2.24, 2.45) is 7.05 Å². The molecule has 0 aliphatic carbocycles. The first-order chi connectivity index (χ1) is 14.5. The van der Waals surface area contributed by atoms with Gasteiger partial charge in [0, 0.05) is 32.0 Å². The Morgan fingerprint density at radius 2 is 1.57 bits per heavy atom. The van der Waals surface area contributed by atoms with Crippen molar-refractivity contribution in [2.75, 3.05) is 22.3 Å². The van der Waals surface area contributed by atoms with Crippen molar-refractivity contribution in [3.05, 3.63) is 77.6 Å². The van der Waals surface area contributed by atoms with Crippen LogP contribution in [0.4, 0.5) is 11.4 Å². The third kappa shape index (κ3) is 2.92. The quantitative estimate of drug-likeness (QED) is 0.651. The van der Waals surface area contributed by atoms with Crippen LogP contribution in [0.1, 0.15) is 28.0 Å². The van der Waals surface area contributed by atoms with E-state index in [0.29, 0.717) is 25.2 Å². The predicted molar refractivity (Wildman–Crippen MR) is 117 cm³/mol. The molecule has 3 heterocycles. The van der Waals surface area contributed by atoms with Gasteiger partial charge in [-0.1, -0.05) is 36.4 Å². The van der Waals surface area contributed by atoms with Gasteiger partial charge < -0.3 is 9.47 Å². The molecular formula is C23H23N3O3S. The third-order valence-electron chi connectivity index (χ3n) is 5.99. The van der Waals surface area contributed by atoms with Gasteiger partial charge in [-0.15, -0.1) is 0 Å². The molecule has 30 heavy (non-hydrogen) atoms. The molecule has 7 heteroatoms. The zero-order valence-corrected chi connectivity index (χ0v) is 17.6. The molecule has 1 amide bonds. The smallest absolute Gasteiger partial charge is 0.274 e. The molecule has 0 atom stereocenters. The molecular weight excluding hydrogens is 398 g/mol. The standard InChI is InChI=1S/C23H23N3O3S/c1-24-16-19(30(28,29)26-14-12-18-8-3-5-11-21(18)26)15-22(24)23(27)25-13-6-9-17-7-2-4-10-20(17)25/h2-5,7-8,10-11,15-16H,6,9,12-14H2,1H3. The molecule has 0 bridgehead atoms. The van der Waals surface area contributed by atoms with Crippen LogP contribution in [0.3, 0.4) is 0 Å². The fourth-order valence-electron chi connectivity index (χ4n) is 4.46. The summed E-state index contributed by atoms with van der Waals surface area (Å²) in [6.45, 7) is 1.04. The van der Waals surface area contributed by atoms with Crippen LogP contribution in [0.2, 0.25) is 0 Å². The molecule has 2 aliphatic heterocycles. The maximum absolute atomic E-state index is 13.3. The van der Waals surface area contributed by atoms with Gasteiger partial charge in [0.15, 0.2) is 0 Å². The Labute approximate surface area is 176 Å². The fraction of sp³-hybridized carbons (Fsp3) is 0.261. The van der Waals surface area contributed by atoms with Crippen LogP contribution in [-0.4, -0.2) is 32.0 Å². The zero-order chi connectivity index (χ0) is 20.9. The second kappa shape index (κ2) is 7.02. The molecule has 154 valence electrons. The molecule has 2 aliphatic rings. The summed E-state index contributed by atoms with van der Waals surface area (Å²) in [5.41, 5.74) is 4.18. The van der Waals surface area contributed by atoms with Crippen molar-refractivity contribution < 1.29 is 13.2 Å². The monoisotopic (exact) mass is 421 g/mol. The van der Waals surface area contributed by atoms with Crippen LogP contribution in [0, 0.1) is 0 Å². The third-order valence-corrected chi connectivity index (χ3v) is 7.77. The zero-order valence-electron chi connectivity index (χ0n) is 16.8. The number of hydrogen-bond acceptors (Lipinski definition) is 3. The first-order valence-electron chi connectivity index (χ1n) is 10.1. The Balaban J connectivity index is 1.50. The molecule has 0 spiro atoms. The second-order valence-electron chi connectivity index (χ2n) is 7.82. The fourth-order valence-corrected chi connectivity index (χ4v) is 6.03. The van der Waals surface area contributed by atoms with Gasteiger partial charge in [-0.05, 0) is 48.6 Å². The highest BCUT2D eigenvalue weighted by Gasteiger charge is 2.33. The lowest BCUT2D eigenvalue weighted by molar-refractivity contribution is 0.0977. The van der Waals surface area contributed by atoms with Crippen molar-refractivity contribution in [3.8, 4) is 0 Å². The van der Waals surface area contributed by atoms with E-state index in [-0.39, 0.29) is 10.8 Å². The molecule has 3 aromatic rings. The SMILES string of the molecule is Cn1cc(S(=O)(=O)N2CCc3ccccc32)cc1C(=O)N1CCCc2ccccc21. The van der Waals surface area contributed by atoms with Gasteiger partial charge >= 0.3 is 0 Å². The van der Waals surface area contributed by atoms with Crippen LogP contribution >= 0.6 is 0 Å². The van der Waals surface area contributed by atoms with Gasteiger partial charge in [-0.25, -0.2) is 8.42 Å². The number of anilines is 2. The van der Waals surface area contributed by atoms with E-state index in [1.807, 2.05) is 48.5 Å². The predicted octanol–water partition coefficient (Wildman–Crippen LogP) is 3.37. The van der Waals surface area contributed by atoms with Gasteiger partial charge in [0.25, 0.3) is 15.9 Å². The highest BCUT2D eigenvalue weighted by Crippen LogP contribution is 2.34. The Morgan fingerprint density at radius 3 is 2.33 bits per heavy atom. The van der Waals surface area contributed by atoms with Crippen LogP contribution in [0.25, 0.3) is 0 Å².